The Bertz CT molecular complexity index is 804. The molecule has 0 fully saturated rings. The molecule has 26 heavy (non-hydrogen) atoms. The maximum atomic E-state index is 12.5. The second-order valence-corrected chi connectivity index (χ2v) is 6.03. The molecule has 0 N–H and O–H groups in total. The predicted molar refractivity (Wildman–Crippen MR) is 103 cm³/mol. The number of ether oxygens (including phenoxy) is 3. The van der Waals surface area contributed by atoms with Crippen molar-refractivity contribution in [1.82, 2.24) is 4.90 Å². The fourth-order valence-electron chi connectivity index (χ4n) is 2.46. The molecular formula is C20H22ClNO4. The first-order chi connectivity index (χ1) is 12.5. The van der Waals surface area contributed by atoms with E-state index in [9.17, 15) is 4.79 Å². The zero-order chi connectivity index (χ0) is 19.1. The molecule has 0 saturated heterocycles. The molecule has 2 aromatic carbocycles. The van der Waals surface area contributed by atoms with Crippen molar-refractivity contribution >= 4 is 23.6 Å². The average Bonchev–Trinajstić information content (AvgIpc) is 2.65. The number of rotatable bonds is 7. The molecule has 0 unspecified atom stereocenters. The monoisotopic (exact) mass is 375 g/mol. The Morgan fingerprint density at radius 2 is 1.73 bits per heavy atom. The van der Waals surface area contributed by atoms with Crippen LogP contribution in [0.15, 0.2) is 42.5 Å². The lowest BCUT2D eigenvalue weighted by atomic mass is 10.1. The van der Waals surface area contributed by atoms with Crippen LogP contribution in [0, 0.1) is 0 Å². The molecule has 0 saturated carbocycles. The Hall–Kier alpha value is -2.66. The van der Waals surface area contributed by atoms with Gasteiger partial charge in [0.05, 0.1) is 21.3 Å². The van der Waals surface area contributed by atoms with Gasteiger partial charge in [0.1, 0.15) is 17.2 Å². The Balaban J connectivity index is 2.14. The first kappa shape index (κ1) is 19.7. The summed E-state index contributed by atoms with van der Waals surface area (Å²) in [6.45, 7) is 0.377. The summed E-state index contributed by atoms with van der Waals surface area (Å²) in [6.07, 6.45) is 3.20. The molecule has 0 aliphatic heterocycles. The van der Waals surface area contributed by atoms with Gasteiger partial charge in [-0.25, -0.2) is 0 Å². The lowest BCUT2D eigenvalue weighted by Gasteiger charge is -2.17. The quantitative estimate of drug-likeness (QED) is 0.685. The number of benzene rings is 2. The van der Waals surface area contributed by atoms with Crippen molar-refractivity contribution in [3.05, 3.63) is 58.6 Å². The lowest BCUT2D eigenvalue weighted by Crippen LogP contribution is -2.24. The first-order valence-electron chi connectivity index (χ1n) is 7.96. The van der Waals surface area contributed by atoms with E-state index < -0.39 is 0 Å². The number of carbonyl (C=O) groups is 1. The van der Waals surface area contributed by atoms with E-state index in [1.807, 2.05) is 6.07 Å². The fourth-order valence-corrected chi connectivity index (χ4v) is 2.66. The molecule has 0 bridgehead atoms. The van der Waals surface area contributed by atoms with E-state index in [0.717, 1.165) is 11.1 Å². The van der Waals surface area contributed by atoms with Gasteiger partial charge in [0, 0.05) is 35.8 Å². The van der Waals surface area contributed by atoms with Crippen molar-refractivity contribution < 1.29 is 19.0 Å². The average molecular weight is 376 g/mol. The van der Waals surface area contributed by atoms with E-state index in [-0.39, 0.29) is 5.91 Å². The number of likely N-dealkylation sites (N-methyl/N-ethyl adjacent to an activating group) is 1. The van der Waals surface area contributed by atoms with Gasteiger partial charge in [0.15, 0.2) is 0 Å². The highest BCUT2D eigenvalue weighted by atomic mass is 35.5. The predicted octanol–water partition coefficient (Wildman–Crippen LogP) is 4.04. The number of amides is 1. The van der Waals surface area contributed by atoms with Gasteiger partial charge < -0.3 is 19.1 Å². The number of methoxy groups -OCH3 is 3. The second kappa shape index (κ2) is 9.15. The Labute approximate surface area is 158 Å². The molecule has 1 amide bonds. The number of halogens is 1. The summed E-state index contributed by atoms with van der Waals surface area (Å²) in [4.78, 5) is 14.0. The molecule has 0 aliphatic rings. The van der Waals surface area contributed by atoms with E-state index in [4.69, 9.17) is 25.8 Å². The standard InChI is InChI=1S/C20H22ClNO4/c1-22(13-15-11-16(21)6-8-19(15)26-4)20(23)10-5-14-12-17(24-2)7-9-18(14)25-3/h5-12H,13H2,1-4H3/b10-5+. The minimum Gasteiger partial charge on any atom is -0.497 e. The molecule has 0 heterocycles. The molecule has 5 nitrogen and oxygen atoms in total. The van der Waals surface area contributed by atoms with E-state index in [2.05, 4.69) is 0 Å². The Morgan fingerprint density at radius 1 is 1.04 bits per heavy atom. The largest absolute Gasteiger partial charge is 0.497 e. The van der Waals surface area contributed by atoms with Crippen LogP contribution in [-0.2, 0) is 11.3 Å². The first-order valence-corrected chi connectivity index (χ1v) is 8.34. The normalized spacial score (nSPS) is 10.7. The minimum absolute atomic E-state index is 0.156. The van der Waals surface area contributed by atoms with Crippen LogP contribution in [0.3, 0.4) is 0 Å². The summed E-state index contributed by atoms with van der Waals surface area (Å²) in [5.41, 5.74) is 1.59. The SMILES string of the molecule is COc1ccc(OC)c(/C=C/C(=O)N(C)Cc2cc(Cl)ccc2OC)c1. The summed E-state index contributed by atoms with van der Waals surface area (Å²) in [7, 11) is 6.48. The van der Waals surface area contributed by atoms with E-state index >= 15 is 0 Å². The smallest absolute Gasteiger partial charge is 0.246 e. The van der Waals surface area contributed by atoms with Gasteiger partial charge in [-0.1, -0.05) is 11.6 Å². The van der Waals surface area contributed by atoms with Gasteiger partial charge in [0.25, 0.3) is 0 Å². The third kappa shape index (κ3) is 4.92. The zero-order valence-corrected chi connectivity index (χ0v) is 16.0. The molecule has 6 heteroatoms. The number of nitrogens with zero attached hydrogens (tertiary/aromatic N) is 1. The molecule has 0 radical (unpaired) electrons. The molecule has 0 aliphatic carbocycles. The maximum absolute atomic E-state index is 12.5. The molecular weight excluding hydrogens is 354 g/mol. The molecule has 2 aromatic rings. The highest BCUT2D eigenvalue weighted by Gasteiger charge is 2.11. The summed E-state index contributed by atoms with van der Waals surface area (Å²) < 4.78 is 15.8. The minimum atomic E-state index is -0.156. The van der Waals surface area contributed by atoms with Crippen LogP contribution in [0.4, 0.5) is 0 Å². The van der Waals surface area contributed by atoms with Crippen LogP contribution in [-0.4, -0.2) is 39.2 Å². The van der Waals surface area contributed by atoms with Gasteiger partial charge >= 0.3 is 0 Å². The zero-order valence-electron chi connectivity index (χ0n) is 15.3. The van der Waals surface area contributed by atoms with Gasteiger partial charge in [-0.15, -0.1) is 0 Å². The van der Waals surface area contributed by atoms with Crippen LogP contribution >= 0.6 is 11.6 Å². The topological polar surface area (TPSA) is 48.0 Å². The molecule has 138 valence electrons. The molecule has 0 aromatic heterocycles. The van der Waals surface area contributed by atoms with Crippen LogP contribution in [0.25, 0.3) is 6.08 Å². The summed E-state index contributed by atoms with van der Waals surface area (Å²) >= 11 is 6.04. The van der Waals surface area contributed by atoms with Gasteiger partial charge in [-0.2, -0.15) is 0 Å². The molecule has 0 atom stereocenters. The Kier molecular flexibility index (Phi) is 6.92. The van der Waals surface area contributed by atoms with E-state index in [0.29, 0.717) is 28.8 Å². The van der Waals surface area contributed by atoms with Crippen LogP contribution in [0.5, 0.6) is 17.2 Å². The summed E-state index contributed by atoms with van der Waals surface area (Å²) in [5, 5.41) is 0.596. The van der Waals surface area contributed by atoms with Crippen molar-refractivity contribution in [2.45, 2.75) is 6.54 Å². The van der Waals surface area contributed by atoms with Gasteiger partial charge in [-0.3, -0.25) is 4.79 Å². The van der Waals surface area contributed by atoms with Crippen molar-refractivity contribution in [2.24, 2.45) is 0 Å². The highest BCUT2D eigenvalue weighted by molar-refractivity contribution is 6.30. The van der Waals surface area contributed by atoms with Crippen molar-refractivity contribution in [3.63, 3.8) is 0 Å². The van der Waals surface area contributed by atoms with E-state index in [1.54, 1.807) is 69.7 Å². The molecule has 0 spiro atoms. The molecule has 2 rings (SSSR count). The summed E-state index contributed by atoms with van der Waals surface area (Å²) in [5.74, 6) is 1.88. The van der Waals surface area contributed by atoms with Gasteiger partial charge in [-0.05, 0) is 42.5 Å². The van der Waals surface area contributed by atoms with Crippen molar-refractivity contribution in [2.75, 3.05) is 28.4 Å². The number of carbonyl (C=O) groups excluding carboxylic acids is 1. The Morgan fingerprint density at radius 3 is 2.38 bits per heavy atom. The fraction of sp³-hybridized carbons (Fsp3) is 0.250. The maximum Gasteiger partial charge on any atom is 0.246 e. The van der Waals surface area contributed by atoms with Crippen LogP contribution in [0.1, 0.15) is 11.1 Å². The van der Waals surface area contributed by atoms with Crippen molar-refractivity contribution in [3.8, 4) is 17.2 Å². The van der Waals surface area contributed by atoms with Crippen molar-refractivity contribution in [1.29, 1.82) is 0 Å². The van der Waals surface area contributed by atoms with Gasteiger partial charge in [0.2, 0.25) is 5.91 Å². The third-order valence-corrected chi connectivity index (χ3v) is 4.10. The summed E-state index contributed by atoms with van der Waals surface area (Å²) in [6, 6.07) is 10.7. The highest BCUT2D eigenvalue weighted by Crippen LogP contribution is 2.26. The van der Waals surface area contributed by atoms with Crippen LogP contribution in [0.2, 0.25) is 5.02 Å². The van der Waals surface area contributed by atoms with E-state index in [1.165, 1.54) is 6.08 Å². The third-order valence-electron chi connectivity index (χ3n) is 3.87. The number of hydrogen-bond donors (Lipinski definition) is 0. The second-order valence-electron chi connectivity index (χ2n) is 5.59. The van der Waals surface area contributed by atoms with Crippen LogP contribution < -0.4 is 14.2 Å². The number of hydrogen-bond acceptors (Lipinski definition) is 4. The lowest BCUT2D eigenvalue weighted by molar-refractivity contribution is -0.125.